The van der Waals surface area contributed by atoms with Gasteiger partial charge in [0, 0.05) is 0 Å². The molecule has 2 aromatic rings. The highest BCUT2D eigenvalue weighted by atomic mass is 19.1. The van der Waals surface area contributed by atoms with E-state index >= 15 is 0 Å². The van der Waals surface area contributed by atoms with E-state index in [-0.39, 0.29) is 11.9 Å². The first-order chi connectivity index (χ1) is 7.59. The van der Waals surface area contributed by atoms with Crippen molar-refractivity contribution in [1.82, 2.24) is 20.2 Å². The number of hydrogen-bond donors (Lipinski definition) is 1. The zero-order chi connectivity index (χ0) is 11.7. The van der Waals surface area contributed by atoms with Crippen LogP contribution in [0.25, 0.3) is 5.69 Å². The fourth-order valence-electron chi connectivity index (χ4n) is 1.43. The molecule has 0 bridgehead atoms. The summed E-state index contributed by atoms with van der Waals surface area (Å²) in [5.41, 5.74) is 6.95. The van der Waals surface area contributed by atoms with Crippen LogP contribution in [-0.2, 0) is 0 Å². The van der Waals surface area contributed by atoms with Crippen molar-refractivity contribution in [2.45, 2.75) is 19.9 Å². The average molecular weight is 221 g/mol. The molecule has 5 nitrogen and oxygen atoms in total. The molecule has 0 saturated heterocycles. The summed E-state index contributed by atoms with van der Waals surface area (Å²) >= 11 is 0. The van der Waals surface area contributed by atoms with Gasteiger partial charge in [-0.3, -0.25) is 0 Å². The molecule has 2 rings (SSSR count). The molecule has 0 aliphatic heterocycles. The highest BCUT2D eigenvalue weighted by molar-refractivity contribution is 5.36. The van der Waals surface area contributed by atoms with Crippen molar-refractivity contribution in [3.63, 3.8) is 0 Å². The lowest BCUT2D eigenvalue weighted by molar-refractivity contribution is 0.594. The summed E-state index contributed by atoms with van der Waals surface area (Å²) in [6.45, 7) is 3.62. The molecule has 0 fully saturated rings. The molecular formula is C10H12FN5. The first-order valence-corrected chi connectivity index (χ1v) is 4.90. The first-order valence-electron chi connectivity index (χ1n) is 4.90. The summed E-state index contributed by atoms with van der Waals surface area (Å²) in [6.07, 6.45) is 0. The zero-order valence-electron chi connectivity index (χ0n) is 9.05. The van der Waals surface area contributed by atoms with Crippen molar-refractivity contribution >= 4 is 0 Å². The number of aromatic nitrogens is 4. The van der Waals surface area contributed by atoms with E-state index in [4.69, 9.17) is 5.73 Å². The Morgan fingerprint density at radius 1 is 1.44 bits per heavy atom. The molecule has 16 heavy (non-hydrogen) atoms. The van der Waals surface area contributed by atoms with Gasteiger partial charge in [0.1, 0.15) is 11.5 Å². The molecule has 0 spiro atoms. The third-order valence-corrected chi connectivity index (χ3v) is 2.23. The van der Waals surface area contributed by atoms with E-state index in [2.05, 4.69) is 15.5 Å². The summed E-state index contributed by atoms with van der Waals surface area (Å²) in [5, 5.41) is 11.0. The second kappa shape index (κ2) is 3.97. The van der Waals surface area contributed by atoms with Gasteiger partial charge in [0.25, 0.3) is 0 Å². The predicted molar refractivity (Wildman–Crippen MR) is 56.5 cm³/mol. The van der Waals surface area contributed by atoms with E-state index in [1.54, 1.807) is 19.1 Å². The number of hydrogen-bond acceptors (Lipinski definition) is 4. The Hall–Kier alpha value is -1.82. The standard InChI is InChI=1S/C10H12FN5/c1-6-3-4-8(11)9(5-6)16-10(7(2)12)13-14-15-16/h3-5,7H,12H2,1-2H3. The van der Waals surface area contributed by atoms with Gasteiger partial charge in [0.05, 0.1) is 6.04 Å². The molecule has 84 valence electrons. The van der Waals surface area contributed by atoms with Gasteiger partial charge in [-0.2, -0.15) is 4.68 Å². The first kappa shape index (κ1) is 10.7. The van der Waals surface area contributed by atoms with Crippen molar-refractivity contribution in [2.24, 2.45) is 5.73 Å². The summed E-state index contributed by atoms with van der Waals surface area (Å²) in [6, 6.07) is 4.40. The van der Waals surface area contributed by atoms with Gasteiger partial charge in [-0.15, -0.1) is 5.10 Å². The van der Waals surface area contributed by atoms with Crippen LogP contribution in [-0.4, -0.2) is 20.2 Å². The average Bonchev–Trinajstić information content (AvgIpc) is 2.70. The van der Waals surface area contributed by atoms with Crippen LogP contribution in [0.15, 0.2) is 18.2 Å². The molecule has 0 aliphatic rings. The molecule has 1 heterocycles. The minimum absolute atomic E-state index is 0.317. The van der Waals surface area contributed by atoms with Crippen molar-refractivity contribution in [3.8, 4) is 5.69 Å². The molecule has 0 aliphatic carbocycles. The Labute approximate surface area is 92.1 Å². The Balaban J connectivity index is 2.58. The maximum absolute atomic E-state index is 13.6. The Morgan fingerprint density at radius 2 is 2.19 bits per heavy atom. The molecule has 6 heteroatoms. The van der Waals surface area contributed by atoms with Gasteiger partial charge in [-0.1, -0.05) is 6.07 Å². The van der Waals surface area contributed by atoms with E-state index in [1.165, 1.54) is 10.7 Å². The molecule has 2 N–H and O–H groups in total. The second-order valence-corrected chi connectivity index (χ2v) is 3.69. The number of nitrogens with two attached hydrogens (primary N) is 1. The quantitative estimate of drug-likeness (QED) is 0.825. The third kappa shape index (κ3) is 1.79. The van der Waals surface area contributed by atoms with Gasteiger partial charge >= 0.3 is 0 Å². The monoisotopic (exact) mass is 221 g/mol. The van der Waals surface area contributed by atoms with Gasteiger partial charge in [0.2, 0.25) is 0 Å². The number of halogens is 1. The Kier molecular flexibility index (Phi) is 2.66. The lowest BCUT2D eigenvalue weighted by Gasteiger charge is -2.08. The topological polar surface area (TPSA) is 69.6 Å². The largest absolute Gasteiger partial charge is 0.321 e. The highest BCUT2D eigenvalue weighted by Gasteiger charge is 2.15. The smallest absolute Gasteiger partial charge is 0.173 e. The molecule has 1 aromatic carbocycles. The van der Waals surface area contributed by atoms with Crippen LogP contribution in [0.5, 0.6) is 0 Å². The lowest BCUT2D eigenvalue weighted by Crippen LogP contribution is -2.14. The SMILES string of the molecule is Cc1ccc(F)c(-n2nnnc2C(C)N)c1. The minimum Gasteiger partial charge on any atom is -0.321 e. The number of benzene rings is 1. The van der Waals surface area contributed by atoms with E-state index in [0.717, 1.165) is 5.56 Å². The van der Waals surface area contributed by atoms with Crippen molar-refractivity contribution in [1.29, 1.82) is 0 Å². The van der Waals surface area contributed by atoms with Crippen LogP contribution in [0.3, 0.4) is 0 Å². The summed E-state index contributed by atoms with van der Waals surface area (Å²) in [7, 11) is 0. The molecule has 1 atom stereocenters. The van der Waals surface area contributed by atoms with E-state index < -0.39 is 0 Å². The van der Waals surface area contributed by atoms with E-state index in [0.29, 0.717) is 11.5 Å². The second-order valence-electron chi connectivity index (χ2n) is 3.69. The van der Waals surface area contributed by atoms with Crippen LogP contribution in [0.4, 0.5) is 4.39 Å². The zero-order valence-corrected chi connectivity index (χ0v) is 9.05. The molecule has 1 unspecified atom stereocenters. The van der Waals surface area contributed by atoms with Crippen molar-refractivity contribution < 1.29 is 4.39 Å². The summed E-state index contributed by atoms with van der Waals surface area (Å²) < 4.78 is 14.9. The molecular weight excluding hydrogens is 209 g/mol. The van der Waals surface area contributed by atoms with Gasteiger partial charge in [-0.05, 0) is 42.0 Å². The Bertz CT molecular complexity index is 506. The van der Waals surface area contributed by atoms with Crippen molar-refractivity contribution in [2.75, 3.05) is 0 Å². The predicted octanol–water partition coefficient (Wildman–Crippen LogP) is 1.13. The van der Waals surface area contributed by atoms with E-state index in [1.807, 2.05) is 6.92 Å². The summed E-state index contributed by atoms with van der Waals surface area (Å²) in [4.78, 5) is 0. The van der Waals surface area contributed by atoms with Crippen LogP contribution < -0.4 is 5.73 Å². The highest BCUT2D eigenvalue weighted by Crippen LogP contribution is 2.17. The van der Waals surface area contributed by atoms with Crippen LogP contribution in [0, 0.1) is 12.7 Å². The van der Waals surface area contributed by atoms with Gasteiger partial charge in [-0.25, -0.2) is 4.39 Å². The van der Waals surface area contributed by atoms with Crippen LogP contribution in [0.2, 0.25) is 0 Å². The normalized spacial score (nSPS) is 12.8. The maximum Gasteiger partial charge on any atom is 0.173 e. The van der Waals surface area contributed by atoms with Gasteiger partial charge in [0.15, 0.2) is 5.82 Å². The third-order valence-electron chi connectivity index (χ3n) is 2.23. The fourth-order valence-corrected chi connectivity index (χ4v) is 1.43. The molecule has 0 radical (unpaired) electrons. The van der Waals surface area contributed by atoms with Crippen LogP contribution >= 0.6 is 0 Å². The maximum atomic E-state index is 13.6. The number of aryl methyl sites for hydroxylation is 1. The lowest BCUT2D eigenvalue weighted by atomic mass is 10.2. The molecule has 0 saturated carbocycles. The fraction of sp³-hybridized carbons (Fsp3) is 0.300. The summed E-state index contributed by atoms with van der Waals surface area (Å²) in [5.74, 6) is 0.0595. The van der Waals surface area contributed by atoms with Gasteiger partial charge < -0.3 is 5.73 Å². The van der Waals surface area contributed by atoms with Crippen molar-refractivity contribution in [3.05, 3.63) is 35.4 Å². The number of rotatable bonds is 2. The molecule has 0 amide bonds. The van der Waals surface area contributed by atoms with E-state index in [9.17, 15) is 4.39 Å². The number of nitrogens with zero attached hydrogens (tertiary/aromatic N) is 4. The van der Waals surface area contributed by atoms with Crippen LogP contribution in [0.1, 0.15) is 24.4 Å². The molecule has 1 aromatic heterocycles. The Morgan fingerprint density at radius 3 is 2.88 bits per heavy atom. The minimum atomic E-state index is -0.375. The number of tetrazole rings is 1.